The summed E-state index contributed by atoms with van der Waals surface area (Å²) in [5.74, 6) is 0. The van der Waals surface area contributed by atoms with Crippen molar-refractivity contribution in [2.45, 2.75) is 0 Å². The molecular weight excluding hydrogens is 410 g/mol. The van der Waals surface area contributed by atoms with Crippen molar-refractivity contribution < 1.29 is 14.4 Å². The molecule has 0 unspecified atom stereocenters. The van der Waals surface area contributed by atoms with Crippen LogP contribution in [0.25, 0.3) is 0 Å². The van der Waals surface area contributed by atoms with Gasteiger partial charge in [0.2, 0.25) is 0 Å². The molecule has 0 bridgehead atoms. The van der Waals surface area contributed by atoms with Gasteiger partial charge in [0.25, 0.3) is 0 Å². The van der Waals surface area contributed by atoms with Crippen LogP contribution in [0, 0.1) is 0 Å². The van der Waals surface area contributed by atoms with Crippen LogP contribution in [0.3, 0.4) is 0 Å². The van der Waals surface area contributed by atoms with Crippen molar-refractivity contribution in [3.05, 3.63) is 0 Å². The molecule has 0 heterocycles. The Morgan fingerprint density at radius 1 is 1.50 bits per heavy atom. The Kier molecular flexibility index (Phi) is 6.83. The van der Waals surface area contributed by atoms with E-state index in [-0.39, 0.29) is 26.2 Å². The van der Waals surface area contributed by atoms with E-state index in [1.807, 2.05) is 0 Å². The van der Waals surface area contributed by atoms with Gasteiger partial charge in [-0.2, -0.15) is 0 Å². The van der Waals surface area contributed by atoms with E-state index in [9.17, 15) is 14.4 Å². The SMILES string of the molecule is O=[P]([O-])([O-])[SbH3-].[Bi+3]. The minimum absolute atomic E-state index is 0. The van der Waals surface area contributed by atoms with E-state index < -0.39 is 27.6 Å². The zero-order valence-corrected chi connectivity index (χ0v) is 11.2. The number of hydrogen-bond acceptors (Lipinski definition) is 3. The minimum Gasteiger partial charge on any atom is 3.00 e. The van der Waals surface area contributed by atoms with Crippen LogP contribution < -0.4 is 9.79 Å². The number of hydrogen-bond donors (Lipinski definition) is 0. The molecule has 0 aliphatic heterocycles. The molecule has 0 aromatic heterocycles. The maximum atomic E-state index is 9.18. The first-order chi connectivity index (χ1) is 2.00. The topological polar surface area (TPSA) is 63.2 Å². The molecule has 0 amide bonds. The molecule has 0 rings (SSSR count). The Bertz CT molecular complexity index is 56.9. The molecule has 0 aliphatic rings. The summed E-state index contributed by atoms with van der Waals surface area (Å²) in [6.45, 7) is 0. The predicted molar refractivity (Wildman–Crippen MR) is 23.3 cm³/mol. The summed E-state index contributed by atoms with van der Waals surface area (Å²) < 4.78 is 9.18. The normalized spacial score (nSPS) is 10.7. The fraction of sp³-hybridized carbons (Fsp3) is 0. The molecular formula is H3BiO3PSb. The van der Waals surface area contributed by atoms with Gasteiger partial charge < -0.3 is 0 Å². The Morgan fingerprint density at radius 2 is 1.50 bits per heavy atom. The van der Waals surface area contributed by atoms with Crippen LogP contribution in [-0.2, 0) is 4.57 Å². The van der Waals surface area contributed by atoms with Crippen LogP contribution in [0.4, 0.5) is 0 Å². The van der Waals surface area contributed by atoms with Crippen LogP contribution in [0.2, 0.25) is 0 Å². The molecule has 36 valence electrons. The summed E-state index contributed by atoms with van der Waals surface area (Å²) in [6.07, 6.45) is 0. The van der Waals surface area contributed by atoms with Gasteiger partial charge in [-0.15, -0.1) is 0 Å². The zero-order valence-electron chi connectivity index (χ0n) is 2.83. The van der Waals surface area contributed by atoms with Gasteiger partial charge in [-0.1, -0.05) is 0 Å². The fourth-order valence-corrected chi connectivity index (χ4v) is 0. The molecule has 0 saturated carbocycles. The van der Waals surface area contributed by atoms with Crippen LogP contribution in [0.15, 0.2) is 0 Å². The van der Waals surface area contributed by atoms with Crippen molar-refractivity contribution in [3.8, 4) is 0 Å². The van der Waals surface area contributed by atoms with Gasteiger partial charge in [0.15, 0.2) is 0 Å². The molecule has 0 aromatic rings. The van der Waals surface area contributed by atoms with Gasteiger partial charge in [-0.3, -0.25) is 0 Å². The summed E-state index contributed by atoms with van der Waals surface area (Å²) in [6, 6.07) is 0. The van der Waals surface area contributed by atoms with Crippen LogP contribution in [0.5, 0.6) is 0 Å². The third-order valence-corrected chi connectivity index (χ3v) is 0. The second-order valence-corrected chi connectivity index (χ2v) is 8.47. The van der Waals surface area contributed by atoms with Gasteiger partial charge in [0.1, 0.15) is 0 Å². The van der Waals surface area contributed by atoms with Gasteiger partial charge in [-0.05, 0) is 0 Å². The molecule has 0 aliphatic carbocycles. The Morgan fingerprint density at radius 3 is 1.50 bits per heavy atom. The summed E-state index contributed by atoms with van der Waals surface area (Å²) >= 11 is -0.445. The summed E-state index contributed by atoms with van der Waals surface area (Å²) in [5.41, 5.74) is 0. The average Bonchev–Trinajstić information content (AvgIpc) is 0.722. The Balaban J connectivity index is 0. The van der Waals surface area contributed by atoms with E-state index in [2.05, 4.69) is 0 Å². The molecule has 6 heavy (non-hydrogen) atoms. The van der Waals surface area contributed by atoms with Crippen LogP contribution in [0.1, 0.15) is 0 Å². The summed E-state index contributed by atoms with van der Waals surface area (Å²) in [4.78, 5) is 18.4. The van der Waals surface area contributed by atoms with Gasteiger partial charge in [0, 0.05) is 0 Å². The third-order valence-electron chi connectivity index (χ3n) is 0. The van der Waals surface area contributed by atoms with E-state index in [1.54, 1.807) is 0 Å². The van der Waals surface area contributed by atoms with Crippen molar-refractivity contribution >= 4 is 53.8 Å². The molecule has 2 radical (unpaired) electrons. The van der Waals surface area contributed by atoms with Crippen molar-refractivity contribution in [1.29, 1.82) is 0 Å². The van der Waals surface area contributed by atoms with E-state index in [4.69, 9.17) is 0 Å². The van der Waals surface area contributed by atoms with Crippen molar-refractivity contribution in [2.24, 2.45) is 0 Å². The predicted octanol–water partition coefficient (Wildman–Crippen LogP) is -3.20. The molecule has 0 aromatic carbocycles. The van der Waals surface area contributed by atoms with E-state index in [0.29, 0.717) is 0 Å². The van der Waals surface area contributed by atoms with E-state index in [1.165, 1.54) is 0 Å². The van der Waals surface area contributed by atoms with E-state index in [0.717, 1.165) is 0 Å². The minimum atomic E-state index is -3.97. The van der Waals surface area contributed by atoms with Crippen molar-refractivity contribution in [1.82, 2.24) is 0 Å². The first-order valence-corrected chi connectivity index (χ1v) is 8.01. The van der Waals surface area contributed by atoms with Gasteiger partial charge >= 0.3 is 68.2 Å². The second kappa shape index (κ2) is 3.81. The molecule has 0 atom stereocenters. The van der Waals surface area contributed by atoms with Gasteiger partial charge in [-0.25, -0.2) is 0 Å². The fourth-order valence-electron chi connectivity index (χ4n) is 0. The maximum absolute atomic E-state index is 9.18. The Hall–Kier alpha value is 1.85. The number of rotatable bonds is 0. The summed E-state index contributed by atoms with van der Waals surface area (Å²) in [7, 11) is 0. The van der Waals surface area contributed by atoms with Crippen molar-refractivity contribution in [3.63, 3.8) is 0 Å². The van der Waals surface area contributed by atoms with Crippen LogP contribution >= 0.6 is 5.17 Å². The largest absolute Gasteiger partial charge is 3.00 e. The standard InChI is InChI=1S/Bi.HO3P.Sb.3H/c;1-4(2)3;;;;/h;(H,1,2,3);;;;/q+3;;-2;;;/p-1. The van der Waals surface area contributed by atoms with Crippen LogP contribution in [-0.4, -0.2) is 48.7 Å². The molecule has 0 saturated heterocycles. The molecule has 3 nitrogen and oxygen atoms in total. The molecule has 0 N–H and O–H groups in total. The van der Waals surface area contributed by atoms with E-state index >= 15 is 0 Å². The molecule has 0 spiro atoms. The zero-order chi connectivity index (χ0) is 4.50. The average molecular weight is 413 g/mol. The quantitative estimate of drug-likeness (QED) is 0.311. The van der Waals surface area contributed by atoms with Crippen molar-refractivity contribution in [2.75, 3.05) is 0 Å². The monoisotopic (exact) mass is 412 g/mol. The molecule has 0 fully saturated rings. The second-order valence-electron chi connectivity index (χ2n) is 0.611. The summed E-state index contributed by atoms with van der Waals surface area (Å²) in [5, 5.41) is -3.97. The third kappa shape index (κ3) is 40.2. The first-order valence-electron chi connectivity index (χ1n) is 0.864. The Labute approximate surface area is 67.6 Å². The smallest absolute Gasteiger partial charge is 3.00 e. The van der Waals surface area contributed by atoms with Gasteiger partial charge in [0.05, 0.1) is 0 Å². The molecule has 6 heteroatoms. The maximum Gasteiger partial charge on any atom is 3.00 e. The first kappa shape index (κ1) is 10.8.